The molecule has 1 fully saturated rings. The Balaban J connectivity index is 1.97. The minimum absolute atomic E-state index is 0.0588. The fourth-order valence-corrected chi connectivity index (χ4v) is 2.38. The molecule has 0 aliphatic carbocycles. The fraction of sp³-hybridized carbons (Fsp3) is 0.533. The summed E-state index contributed by atoms with van der Waals surface area (Å²) >= 11 is 0. The van der Waals surface area contributed by atoms with Crippen molar-refractivity contribution in [2.24, 2.45) is 0 Å². The van der Waals surface area contributed by atoms with Crippen LogP contribution in [0.1, 0.15) is 18.9 Å². The monoisotopic (exact) mass is 283 g/mol. The molecular formula is C15H19F2NO2. The van der Waals surface area contributed by atoms with Crippen LogP contribution in [0.3, 0.4) is 0 Å². The molecule has 0 amide bonds. The van der Waals surface area contributed by atoms with Crippen molar-refractivity contribution in [3.8, 4) is 0 Å². The summed E-state index contributed by atoms with van der Waals surface area (Å²) in [6.07, 6.45) is 0.448. The van der Waals surface area contributed by atoms with E-state index in [9.17, 15) is 13.6 Å². The van der Waals surface area contributed by atoms with E-state index in [1.165, 1.54) is 6.07 Å². The van der Waals surface area contributed by atoms with Gasteiger partial charge in [0, 0.05) is 25.6 Å². The van der Waals surface area contributed by atoms with Crippen LogP contribution in [0, 0.1) is 11.6 Å². The molecule has 1 unspecified atom stereocenters. The Hall–Kier alpha value is -1.33. The minimum atomic E-state index is -0.681. The molecule has 2 rings (SSSR count). The number of benzene rings is 1. The van der Waals surface area contributed by atoms with E-state index >= 15 is 0 Å². The average molecular weight is 283 g/mol. The molecule has 0 radical (unpaired) electrons. The summed E-state index contributed by atoms with van der Waals surface area (Å²) in [6, 6.07) is 3.28. The van der Waals surface area contributed by atoms with Gasteiger partial charge < -0.3 is 4.74 Å². The maximum atomic E-state index is 13.5. The van der Waals surface area contributed by atoms with Crippen molar-refractivity contribution < 1.29 is 18.3 Å². The predicted octanol–water partition coefficient (Wildman–Crippen LogP) is 2.19. The summed E-state index contributed by atoms with van der Waals surface area (Å²) < 4.78 is 31.8. The van der Waals surface area contributed by atoms with Gasteiger partial charge in [-0.25, -0.2) is 8.78 Å². The molecule has 3 nitrogen and oxygen atoms in total. The Morgan fingerprint density at radius 3 is 2.95 bits per heavy atom. The number of hydrogen-bond acceptors (Lipinski definition) is 3. The molecule has 1 heterocycles. The standard InChI is InChI=1S/C15H19F2NO2/c1-2-5-18-6-7-20-15(10-18)14(19)8-11-3-4-12(16)9-13(11)17/h3-4,9,15H,2,5-8,10H2,1H3. The van der Waals surface area contributed by atoms with E-state index in [4.69, 9.17) is 4.74 Å². The van der Waals surface area contributed by atoms with Crippen LogP contribution in [0.4, 0.5) is 8.78 Å². The van der Waals surface area contributed by atoms with E-state index in [-0.39, 0.29) is 17.8 Å². The molecule has 1 aromatic carbocycles. The Bertz CT molecular complexity index is 477. The molecule has 1 aliphatic rings. The minimum Gasteiger partial charge on any atom is -0.368 e. The average Bonchev–Trinajstić information content (AvgIpc) is 2.42. The number of rotatable bonds is 5. The van der Waals surface area contributed by atoms with Crippen molar-refractivity contribution in [1.82, 2.24) is 4.90 Å². The van der Waals surface area contributed by atoms with Crippen molar-refractivity contribution in [2.45, 2.75) is 25.9 Å². The van der Waals surface area contributed by atoms with E-state index in [2.05, 4.69) is 11.8 Å². The number of carbonyl (C=O) groups excluding carboxylic acids is 1. The molecule has 20 heavy (non-hydrogen) atoms. The van der Waals surface area contributed by atoms with E-state index < -0.39 is 17.7 Å². The van der Waals surface area contributed by atoms with Crippen molar-refractivity contribution in [3.05, 3.63) is 35.4 Å². The highest BCUT2D eigenvalue weighted by Gasteiger charge is 2.26. The first-order valence-electron chi connectivity index (χ1n) is 6.90. The van der Waals surface area contributed by atoms with Crippen molar-refractivity contribution in [1.29, 1.82) is 0 Å². The van der Waals surface area contributed by atoms with Gasteiger partial charge in [0.25, 0.3) is 0 Å². The van der Waals surface area contributed by atoms with Gasteiger partial charge in [-0.3, -0.25) is 9.69 Å². The van der Waals surface area contributed by atoms with Crippen LogP contribution in [0.15, 0.2) is 18.2 Å². The van der Waals surface area contributed by atoms with Crippen LogP contribution in [-0.4, -0.2) is 43.0 Å². The lowest BCUT2D eigenvalue weighted by Crippen LogP contribution is -2.46. The first kappa shape index (κ1) is 15.1. The third-order valence-electron chi connectivity index (χ3n) is 3.43. The maximum Gasteiger partial charge on any atom is 0.167 e. The van der Waals surface area contributed by atoms with Gasteiger partial charge in [0.05, 0.1) is 6.61 Å². The highest BCUT2D eigenvalue weighted by molar-refractivity contribution is 5.85. The first-order valence-corrected chi connectivity index (χ1v) is 6.90. The molecular weight excluding hydrogens is 264 g/mol. The number of carbonyl (C=O) groups is 1. The van der Waals surface area contributed by atoms with Crippen molar-refractivity contribution in [3.63, 3.8) is 0 Å². The molecule has 0 spiro atoms. The highest BCUT2D eigenvalue weighted by atomic mass is 19.1. The van der Waals surface area contributed by atoms with Crippen LogP contribution in [0.5, 0.6) is 0 Å². The van der Waals surface area contributed by atoms with Crippen LogP contribution in [0.2, 0.25) is 0 Å². The topological polar surface area (TPSA) is 29.5 Å². The Morgan fingerprint density at radius 1 is 1.45 bits per heavy atom. The van der Waals surface area contributed by atoms with E-state index in [1.54, 1.807) is 0 Å². The van der Waals surface area contributed by atoms with Gasteiger partial charge in [-0.2, -0.15) is 0 Å². The first-order chi connectivity index (χ1) is 9.60. The largest absolute Gasteiger partial charge is 0.368 e. The predicted molar refractivity (Wildman–Crippen MR) is 71.5 cm³/mol. The molecule has 0 N–H and O–H groups in total. The quantitative estimate of drug-likeness (QED) is 0.829. The molecule has 0 aromatic heterocycles. The van der Waals surface area contributed by atoms with Crippen LogP contribution in [0.25, 0.3) is 0 Å². The fourth-order valence-electron chi connectivity index (χ4n) is 2.38. The number of ketones is 1. The second kappa shape index (κ2) is 6.90. The molecule has 1 atom stereocenters. The maximum absolute atomic E-state index is 13.5. The lowest BCUT2D eigenvalue weighted by atomic mass is 10.0. The van der Waals surface area contributed by atoms with E-state index in [0.717, 1.165) is 31.6 Å². The van der Waals surface area contributed by atoms with Gasteiger partial charge >= 0.3 is 0 Å². The summed E-state index contributed by atoms with van der Waals surface area (Å²) in [5.41, 5.74) is 0.215. The smallest absolute Gasteiger partial charge is 0.167 e. The van der Waals surface area contributed by atoms with Crippen LogP contribution < -0.4 is 0 Å². The second-order valence-corrected chi connectivity index (χ2v) is 5.04. The summed E-state index contributed by atoms with van der Waals surface area (Å²) in [4.78, 5) is 14.3. The highest BCUT2D eigenvalue weighted by Crippen LogP contribution is 2.14. The zero-order valence-electron chi connectivity index (χ0n) is 11.6. The van der Waals surface area contributed by atoms with E-state index in [1.807, 2.05) is 0 Å². The molecule has 0 bridgehead atoms. The third-order valence-corrected chi connectivity index (χ3v) is 3.43. The molecule has 0 saturated carbocycles. The molecule has 1 aliphatic heterocycles. The summed E-state index contributed by atoms with van der Waals surface area (Å²) in [5, 5.41) is 0. The Morgan fingerprint density at radius 2 is 2.25 bits per heavy atom. The Labute approximate surface area is 117 Å². The summed E-state index contributed by atoms with van der Waals surface area (Å²) in [6.45, 7) is 4.90. The lowest BCUT2D eigenvalue weighted by Gasteiger charge is -2.31. The number of morpholine rings is 1. The van der Waals surface area contributed by atoms with Crippen molar-refractivity contribution >= 4 is 5.78 Å². The zero-order chi connectivity index (χ0) is 14.5. The van der Waals surface area contributed by atoms with Crippen molar-refractivity contribution in [2.75, 3.05) is 26.2 Å². The second-order valence-electron chi connectivity index (χ2n) is 5.04. The number of ether oxygens (including phenoxy) is 1. The van der Waals surface area contributed by atoms with Gasteiger partial charge in [-0.1, -0.05) is 13.0 Å². The lowest BCUT2D eigenvalue weighted by molar-refractivity contribution is -0.135. The van der Waals surface area contributed by atoms with Gasteiger partial charge in [0.2, 0.25) is 0 Å². The zero-order valence-corrected chi connectivity index (χ0v) is 11.6. The number of nitrogens with zero attached hydrogens (tertiary/aromatic N) is 1. The van der Waals surface area contributed by atoms with E-state index in [0.29, 0.717) is 13.2 Å². The van der Waals surface area contributed by atoms with Gasteiger partial charge in [-0.05, 0) is 24.6 Å². The Kier molecular flexibility index (Phi) is 5.20. The van der Waals surface area contributed by atoms with Gasteiger partial charge in [0.1, 0.15) is 17.7 Å². The van der Waals surface area contributed by atoms with Crippen LogP contribution >= 0.6 is 0 Å². The molecule has 5 heteroatoms. The number of Topliss-reactive ketones (excluding diaryl/α,β-unsaturated/α-hetero) is 1. The summed E-state index contributed by atoms with van der Waals surface area (Å²) in [7, 11) is 0. The van der Waals surface area contributed by atoms with Gasteiger partial charge in [0.15, 0.2) is 5.78 Å². The number of hydrogen-bond donors (Lipinski definition) is 0. The van der Waals surface area contributed by atoms with Gasteiger partial charge in [-0.15, -0.1) is 0 Å². The third kappa shape index (κ3) is 3.84. The molecule has 1 saturated heterocycles. The SMILES string of the molecule is CCCN1CCOC(C(=O)Cc2ccc(F)cc2F)C1. The number of halogens is 2. The summed E-state index contributed by atoms with van der Waals surface area (Å²) in [5.74, 6) is -1.47. The molecule has 110 valence electrons. The normalized spacial score (nSPS) is 20.1. The van der Waals surface area contributed by atoms with Crippen LogP contribution in [-0.2, 0) is 16.0 Å². The molecule has 1 aromatic rings.